The lowest BCUT2D eigenvalue weighted by Gasteiger charge is -2.36. The SMILES string of the molecule is Cc1ccc(S(=O)(=O)N2CC(C(=O)NC(C(C)C)C(C)C)Oc3ccc(Cl)cc32)cc1. The van der Waals surface area contributed by atoms with Crippen LogP contribution in [0.1, 0.15) is 33.3 Å². The molecule has 1 atom stereocenters. The number of fused-ring (bicyclic) bond motifs is 1. The third kappa shape index (κ3) is 4.99. The molecule has 1 amide bonds. The highest BCUT2D eigenvalue weighted by Gasteiger charge is 2.38. The van der Waals surface area contributed by atoms with Crippen LogP contribution >= 0.6 is 11.6 Å². The highest BCUT2D eigenvalue weighted by molar-refractivity contribution is 7.92. The van der Waals surface area contributed by atoms with Gasteiger partial charge in [-0.2, -0.15) is 0 Å². The molecule has 8 heteroatoms. The minimum Gasteiger partial charge on any atom is -0.476 e. The number of halogens is 1. The molecule has 2 aromatic rings. The minimum atomic E-state index is -3.92. The molecule has 1 aliphatic heterocycles. The first-order valence-corrected chi connectivity index (χ1v) is 12.2. The van der Waals surface area contributed by atoms with Crippen molar-refractivity contribution in [3.05, 3.63) is 53.1 Å². The number of aryl methyl sites for hydroxylation is 1. The molecule has 0 saturated heterocycles. The molecule has 0 saturated carbocycles. The van der Waals surface area contributed by atoms with Crippen LogP contribution < -0.4 is 14.4 Å². The van der Waals surface area contributed by atoms with E-state index in [1.54, 1.807) is 42.5 Å². The van der Waals surface area contributed by atoms with Crippen LogP contribution in [-0.2, 0) is 14.8 Å². The zero-order chi connectivity index (χ0) is 22.9. The third-order valence-electron chi connectivity index (χ3n) is 5.44. The van der Waals surface area contributed by atoms with E-state index in [0.29, 0.717) is 16.5 Å². The van der Waals surface area contributed by atoms with Crippen LogP contribution in [0.3, 0.4) is 0 Å². The monoisotopic (exact) mass is 464 g/mol. The van der Waals surface area contributed by atoms with Gasteiger partial charge in [0.2, 0.25) is 0 Å². The Morgan fingerprint density at radius 1 is 1.10 bits per heavy atom. The van der Waals surface area contributed by atoms with Gasteiger partial charge < -0.3 is 10.1 Å². The van der Waals surface area contributed by atoms with Crippen LogP contribution in [0.15, 0.2) is 47.4 Å². The lowest BCUT2D eigenvalue weighted by atomic mass is 9.93. The number of carbonyl (C=O) groups is 1. The molecule has 2 aromatic carbocycles. The van der Waals surface area contributed by atoms with Gasteiger partial charge in [-0.05, 0) is 49.1 Å². The summed E-state index contributed by atoms with van der Waals surface area (Å²) in [5, 5.41) is 3.42. The summed E-state index contributed by atoms with van der Waals surface area (Å²) in [5.41, 5.74) is 1.27. The Morgan fingerprint density at radius 3 is 2.29 bits per heavy atom. The number of nitrogens with zero attached hydrogens (tertiary/aromatic N) is 1. The number of nitrogens with one attached hydrogen (secondary N) is 1. The number of carbonyl (C=O) groups excluding carboxylic acids is 1. The molecular formula is C23H29ClN2O4S. The fourth-order valence-corrected chi connectivity index (χ4v) is 5.42. The van der Waals surface area contributed by atoms with Crippen LogP contribution in [-0.4, -0.2) is 33.0 Å². The highest BCUT2D eigenvalue weighted by Crippen LogP contribution is 2.39. The Kier molecular flexibility index (Phi) is 6.86. The van der Waals surface area contributed by atoms with E-state index in [9.17, 15) is 13.2 Å². The summed E-state index contributed by atoms with van der Waals surface area (Å²) in [6.45, 7) is 9.91. The van der Waals surface area contributed by atoms with Gasteiger partial charge in [0.05, 0.1) is 17.1 Å². The van der Waals surface area contributed by atoms with Crippen LogP contribution in [0.2, 0.25) is 5.02 Å². The second kappa shape index (κ2) is 9.09. The largest absolute Gasteiger partial charge is 0.476 e. The number of rotatable bonds is 6. The maximum atomic E-state index is 13.5. The number of hydrogen-bond donors (Lipinski definition) is 1. The molecule has 1 heterocycles. The fraction of sp³-hybridized carbons (Fsp3) is 0.435. The zero-order valence-corrected chi connectivity index (χ0v) is 20.0. The molecule has 31 heavy (non-hydrogen) atoms. The van der Waals surface area contributed by atoms with Gasteiger partial charge in [-0.15, -0.1) is 0 Å². The summed E-state index contributed by atoms with van der Waals surface area (Å²) >= 11 is 6.14. The van der Waals surface area contributed by atoms with Crippen molar-refractivity contribution in [1.29, 1.82) is 0 Å². The lowest BCUT2D eigenvalue weighted by Crippen LogP contribution is -2.54. The smallest absolute Gasteiger partial charge is 0.264 e. The van der Waals surface area contributed by atoms with E-state index in [2.05, 4.69) is 5.32 Å². The first-order valence-electron chi connectivity index (χ1n) is 10.4. The average molecular weight is 465 g/mol. The van der Waals surface area contributed by atoms with Gasteiger partial charge in [-0.3, -0.25) is 9.10 Å². The second-order valence-corrected chi connectivity index (χ2v) is 10.9. The van der Waals surface area contributed by atoms with Gasteiger partial charge >= 0.3 is 0 Å². The van der Waals surface area contributed by atoms with E-state index in [0.717, 1.165) is 5.56 Å². The lowest BCUT2D eigenvalue weighted by molar-refractivity contribution is -0.129. The van der Waals surface area contributed by atoms with Crippen molar-refractivity contribution >= 4 is 33.2 Å². The van der Waals surface area contributed by atoms with Gasteiger partial charge in [-0.1, -0.05) is 57.0 Å². The standard InChI is InChI=1S/C23H29ClN2O4S/c1-14(2)22(15(3)4)25-23(27)21-13-26(19-12-17(24)8-11-20(19)30-21)31(28,29)18-9-6-16(5)7-10-18/h6-12,14-15,21-22H,13H2,1-5H3,(H,25,27). The van der Waals surface area contributed by atoms with Gasteiger partial charge in [0.1, 0.15) is 5.75 Å². The quantitative estimate of drug-likeness (QED) is 0.687. The zero-order valence-electron chi connectivity index (χ0n) is 18.4. The van der Waals surface area contributed by atoms with Crippen LogP contribution in [0, 0.1) is 18.8 Å². The van der Waals surface area contributed by atoms with E-state index < -0.39 is 16.1 Å². The topological polar surface area (TPSA) is 75.7 Å². The number of hydrogen-bond acceptors (Lipinski definition) is 4. The first-order chi connectivity index (χ1) is 14.5. The molecule has 1 N–H and O–H groups in total. The number of amides is 1. The molecule has 3 rings (SSSR count). The minimum absolute atomic E-state index is 0.0510. The summed E-state index contributed by atoms with van der Waals surface area (Å²) in [6, 6.07) is 11.3. The molecule has 1 unspecified atom stereocenters. The Hall–Kier alpha value is -2.25. The maximum absolute atomic E-state index is 13.5. The summed E-state index contributed by atoms with van der Waals surface area (Å²) in [4.78, 5) is 13.2. The van der Waals surface area contributed by atoms with Crippen molar-refractivity contribution < 1.29 is 17.9 Å². The predicted molar refractivity (Wildman–Crippen MR) is 123 cm³/mol. The Morgan fingerprint density at radius 2 is 1.71 bits per heavy atom. The van der Waals surface area contributed by atoms with E-state index >= 15 is 0 Å². The molecule has 0 spiro atoms. The van der Waals surface area contributed by atoms with E-state index in [4.69, 9.17) is 16.3 Å². The Labute approximate surface area is 189 Å². The van der Waals surface area contributed by atoms with Crippen molar-refractivity contribution in [2.75, 3.05) is 10.8 Å². The molecule has 0 radical (unpaired) electrons. The molecule has 0 fully saturated rings. The molecular weight excluding hydrogens is 436 g/mol. The van der Waals surface area contributed by atoms with Crippen LogP contribution in [0.5, 0.6) is 5.75 Å². The maximum Gasteiger partial charge on any atom is 0.264 e. The van der Waals surface area contributed by atoms with E-state index in [-0.39, 0.29) is 35.2 Å². The van der Waals surface area contributed by atoms with Crippen LogP contribution in [0.4, 0.5) is 5.69 Å². The average Bonchev–Trinajstić information content (AvgIpc) is 2.70. The third-order valence-corrected chi connectivity index (χ3v) is 7.47. The summed E-state index contributed by atoms with van der Waals surface area (Å²) in [7, 11) is -3.92. The van der Waals surface area contributed by atoms with Crippen LogP contribution in [0.25, 0.3) is 0 Å². The summed E-state index contributed by atoms with van der Waals surface area (Å²) in [5.74, 6) is 0.422. The predicted octanol–water partition coefficient (Wildman–Crippen LogP) is 4.40. The fourth-order valence-electron chi connectivity index (χ4n) is 3.79. The Balaban J connectivity index is 1.98. The molecule has 0 bridgehead atoms. The first kappa shape index (κ1) is 23.4. The van der Waals surface area contributed by atoms with Crippen molar-refractivity contribution in [2.24, 2.45) is 11.8 Å². The van der Waals surface area contributed by atoms with Crippen molar-refractivity contribution in [1.82, 2.24) is 5.32 Å². The van der Waals surface area contributed by atoms with Gasteiger partial charge in [0.15, 0.2) is 6.10 Å². The molecule has 6 nitrogen and oxygen atoms in total. The number of anilines is 1. The van der Waals surface area contributed by atoms with Gasteiger partial charge in [0.25, 0.3) is 15.9 Å². The molecule has 0 aromatic heterocycles. The highest BCUT2D eigenvalue weighted by atomic mass is 35.5. The number of sulfonamides is 1. The molecule has 1 aliphatic rings. The van der Waals surface area contributed by atoms with Gasteiger partial charge in [-0.25, -0.2) is 8.42 Å². The van der Waals surface area contributed by atoms with Gasteiger partial charge in [0, 0.05) is 11.1 Å². The van der Waals surface area contributed by atoms with Crippen molar-refractivity contribution in [2.45, 2.75) is 51.7 Å². The normalized spacial score (nSPS) is 16.4. The van der Waals surface area contributed by atoms with Crippen molar-refractivity contribution in [3.8, 4) is 5.75 Å². The van der Waals surface area contributed by atoms with E-state index in [1.807, 2.05) is 34.6 Å². The molecule has 0 aliphatic carbocycles. The molecule has 168 valence electrons. The van der Waals surface area contributed by atoms with Crippen molar-refractivity contribution in [3.63, 3.8) is 0 Å². The summed E-state index contributed by atoms with van der Waals surface area (Å²) in [6.07, 6.45) is -0.978. The summed E-state index contributed by atoms with van der Waals surface area (Å²) < 4.78 is 34.1. The van der Waals surface area contributed by atoms with E-state index in [1.165, 1.54) is 4.31 Å². The number of ether oxygens (including phenoxy) is 1. The number of benzene rings is 2. The second-order valence-electron chi connectivity index (χ2n) is 8.59. The Bertz CT molecular complexity index is 1040.